The number of carbonyl (C=O) groups is 1. The van der Waals surface area contributed by atoms with Crippen LogP contribution in [0.1, 0.15) is 11.1 Å². The van der Waals surface area contributed by atoms with Gasteiger partial charge in [0.05, 0.1) is 26.2 Å². The van der Waals surface area contributed by atoms with E-state index in [1.165, 1.54) is 22.9 Å². The van der Waals surface area contributed by atoms with Gasteiger partial charge in [-0.15, -0.1) is 0 Å². The quantitative estimate of drug-likeness (QED) is 0.581. The van der Waals surface area contributed by atoms with Gasteiger partial charge in [0.15, 0.2) is 17.3 Å². The molecule has 0 aliphatic carbocycles. The van der Waals surface area contributed by atoms with E-state index in [1.807, 2.05) is 6.07 Å². The van der Waals surface area contributed by atoms with Gasteiger partial charge >= 0.3 is 0 Å². The van der Waals surface area contributed by atoms with Crippen LogP contribution in [-0.4, -0.2) is 30.9 Å². The minimum Gasteiger partial charge on any atom is -0.493 e. The van der Waals surface area contributed by atoms with E-state index < -0.39 is 0 Å². The van der Waals surface area contributed by atoms with Crippen molar-refractivity contribution in [3.63, 3.8) is 0 Å². The van der Waals surface area contributed by atoms with E-state index in [0.29, 0.717) is 28.2 Å². The van der Waals surface area contributed by atoms with Crippen LogP contribution in [0.25, 0.3) is 11.3 Å². The number of methoxy groups -OCH3 is 2. The topological polar surface area (TPSA) is 73.6 Å². The SMILES string of the molecule is COc1ccc(NC(=O)CSc2ncc(-c3ccc(C)c(C)c3)o2)cc1OC. The number of thioether (sulfide) groups is 1. The molecular formula is C21H22N2O4S. The Morgan fingerprint density at radius 3 is 2.57 bits per heavy atom. The molecule has 28 heavy (non-hydrogen) atoms. The summed E-state index contributed by atoms with van der Waals surface area (Å²) in [5.41, 5.74) is 4.02. The molecule has 6 nitrogen and oxygen atoms in total. The lowest BCUT2D eigenvalue weighted by Crippen LogP contribution is -2.14. The summed E-state index contributed by atoms with van der Waals surface area (Å²) in [5.74, 6) is 1.86. The standard InChI is InChI=1S/C21H22N2O4S/c1-13-5-6-15(9-14(13)2)19-11-22-21(27-19)28-12-20(24)23-16-7-8-17(25-3)18(10-16)26-4/h5-11H,12H2,1-4H3,(H,23,24). The van der Waals surface area contributed by atoms with E-state index in [4.69, 9.17) is 13.9 Å². The maximum Gasteiger partial charge on any atom is 0.256 e. The first kappa shape index (κ1) is 19.8. The van der Waals surface area contributed by atoms with E-state index in [1.54, 1.807) is 38.6 Å². The van der Waals surface area contributed by atoms with Crippen molar-refractivity contribution in [2.75, 3.05) is 25.3 Å². The van der Waals surface area contributed by atoms with Crippen molar-refractivity contribution in [3.8, 4) is 22.8 Å². The molecule has 0 aliphatic rings. The summed E-state index contributed by atoms with van der Waals surface area (Å²) in [4.78, 5) is 16.5. The fraction of sp³-hybridized carbons (Fsp3) is 0.238. The Labute approximate surface area is 168 Å². The second kappa shape index (κ2) is 8.84. The fourth-order valence-electron chi connectivity index (χ4n) is 2.59. The highest BCUT2D eigenvalue weighted by Crippen LogP contribution is 2.30. The summed E-state index contributed by atoms with van der Waals surface area (Å²) < 4.78 is 16.2. The minimum atomic E-state index is -0.164. The van der Waals surface area contributed by atoms with Crippen LogP contribution >= 0.6 is 11.8 Å². The van der Waals surface area contributed by atoms with Crippen LogP contribution < -0.4 is 14.8 Å². The zero-order chi connectivity index (χ0) is 20.1. The fourth-order valence-corrected chi connectivity index (χ4v) is 3.19. The first-order valence-corrected chi connectivity index (χ1v) is 9.67. The molecule has 0 fully saturated rings. The van der Waals surface area contributed by atoms with Crippen molar-refractivity contribution in [2.45, 2.75) is 19.1 Å². The van der Waals surface area contributed by atoms with Crippen molar-refractivity contribution < 1.29 is 18.7 Å². The molecule has 0 saturated heterocycles. The molecule has 3 aromatic rings. The monoisotopic (exact) mass is 398 g/mol. The molecule has 1 N–H and O–H groups in total. The van der Waals surface area contributed by atoms with Crippen molar-refractivity contribution in [3.05, 3.63) is 53.7 Å². The van der Waals surface area contributed by atoms with Gasteiger partial charge in [-0.2, -0.15) is 0 Å². The molecule has 2 aromatic carbocycles. The molecule has 1 aromatic heterocycles. The molecule has 3 rings (SSSR count). The van der Waals surface area contributed by atoms with Gasteiger partial charge in [0.1, 0.15) is 0 Å². The highest BCUT2D eigenvalue weighted by Gasteiger charge is 2.12. The average Bonchev–Trinajstić information content (AvgIpc) is 3.17. The largest absolute Gasteiger partial charge is 0.493 e. The molecule has 0 radical (unpaired) electrons. The third-order valence-electron chi connectivity index (χ3n) is 4.27. The van der Waals surface area contributed by atoms with Gasteiger partial charge in [-0.1, -0.05) is 23.9 Å². The maximum atomic E-state index is 12.2. The number of hydrogen-bond donors (Lipinski definition) is 1. The second-order valence-corrected chi connectivity index (χ2v) is 7.12. The number of benzene rings is 2. The first-order valence-electron chi connectivity index (χ1n) is 8.68. The zero-order valence-corrected chi connectivity index (χ0v) is 17.1. The Balaban J connectivity index is 1.59. The Hall–Kier alpha value is -2.93. The number of aromatic nitrogens is 1. The van der Waals surface area contributed by atoms with Gasteiger partial charge in [0.2, 0.25) is 5.91 Å². The van der Waals surface area contributed by atoms with Gasteiger partial charge in [-0.05, 0) is 43.2 Å². The molecular weight excluding hydrogens is 376 g/mol. The van der Waals surface area contributed by atoms with Gasteiger partial charge in [0.25, 0.3) is 5.22 Å². The highest BCUT2D eigenvalue weighted by atomic mass is 32.2. The summed E-state index contributed by atoms with van der Waals surface area (Å²) in [6.07, 6.45) is 1.68. The van der Waals surface area contributed by atoms with Gasteiger partial charge < -0.3 is 19.2 Å². The number of nitrogens with zero attached hydrogens (tertiary/aromatic N) is 1. The third-order valence-corrected chi connectivity index (χ3v) is 5.11. The van der Waals surface area contributed by atoms with E-state index in [2.05, 4.69) is 36.3 Å². The molecule has 0 saturated carbocycles. The van der Waals surface area contributed by atoms with Crippen molar-refractivity contribution in [2.24, 2.45) is 0 Å². The van der Waals surface area contributed by atoms with E-state index >= 15 is 0 Å². The predicted molar refractivity (Wildman–Crippen MR) is 110 cm³/mol. The number of anilines is 1. The summed E-state index contributed by atoms with van der Waals surface area (Å²) >= 11 is 1.24. The summed E-state index contributed by atoms with van der Waals surface area (Å²) in [6, 6.07) is 11.3. The molecule has 7 heteroatoms. The van der Waals surface area contributed by atoms with Crippen LogP contribution in [0.15, 0.2) is 52.2 Å². The van der Waals surface area contributed by atoms with Crippen molar-refractivity contribution in [1.29, 1.82) is 0 Å². The van der Waals surface area contributed by atoms with Crippen LogP contribution in [0, 0.1) is 13.8 Å². The Kier molecular flexibility index (Phi) is 6.26. The first-order chi connectivity index (χ1) is 13.5. The Morgan fingerprint density at radius 2 is 1.86 bits per heavy atom. The zero-order valence-electron chi connectivity index (χ0n) is 16.2. The maximum absolute atomic E-state index is 12.2. The van der Waals surface area contributed by atoms with Gasteiger partial charge in [-0.25, -0.2) is 4.98 Å². The lowest BCUT2D eigenvalue weighted by atomic mass is 10.1. The Morgan fingerprint density at radius 1 is 1.07 bits per heavy atom. The van der Waals surface area contributed by atoms with Crippen LogP contribution in [0.5, 0.6) is 11.5 Å². The predicted octanol–water partition coefficient (Wildman–Crippen LogP) is 4.71. The lowest BCUT2D eigenvalue weighted by Gasteiger charge is -2.10. The summed E-state index contributed by atoms with van der Waals surface area (Å²) in [7, 11) is 3.12. The third kappa shape index (κ3) is 4.67. The van der Waals surface area contributed by atoms with E-state index in [0.717, 1.165) is 5.56 Å². The minimum absolute atomic E-state index is 0.164. The summed E-state index contributed by atoms with van der Waals surface area (Å²) in [5, 5.41) is 3.28. The number of hydrogen-bond acceptors (Lipinski definition) is 6. The van der Waals surface area contributed by atoms with Gasteiger partial charge in [-0.3, -0.25) is 4.79 Å². The number of amides is 1. The molecule has 0 spiro atoms. The number of oxazole rings is 1. The van der Waals surface area contributed by atoms with E-state index in [9.17, 15) is 4.79 Å². The molecule has 0 unspecified atom stereocenters. The molecule has 146 valence electrons. The number of aryl methyl sites for hydroxylation is 2. The molecule has 0 bridgehead atoms. The molecule has 0 aliphatic heterocycles. The number of nitrogens with one attached hydrogen (secondary N) is 1. The van der Waals surface area contributed by atoms with Crippen LogP contribution in [0.4, 0.5) is 5.69 Å². The molecule has 0 atom stereocenters. The molecule has 1 amide bonds. The van der Waals surface area contributed by atoms with Crippen molar-refractivity contribution in [1.82, 2.24) is 4.98 Å². The normalized spacial score (nSPS) is 10.6. The number of rotatable bonds is 7. The average molecular weight is 398 g/mol. The summed E-state index contributed by atoms with van der Waals surface area (Å²) in [6.45, 7) is 4.13. The van der Waals surface area contributed by atoms with Crippen molar-refractivity contribution >= 4 is 23.4 Å². The molecule has 1 heterocycles. The number of carbonyl (C=O) groups excluding carboxylic acids is 1. The van der Waals surface area contributed by atoms with E-state index in [-0.39, 0.29) is 11.7 Å². The van der Waals surface area contributed by atoms with Gasteiger partial charge in [0, 0.05) is 17.3 Å². The lowest BCUT2D eigenvalue weighted by molar-refractivity contribution is -0.113. The smallest absolute Gasteiger partial charge is 0.256 e. The second-order valence-electron chi connectivity index (χ2n) is 6.20. The highest BCUT2D eigenvalue weighted by molar-refractivity contribution is 7.99. The number of ether oxygens (including phenoxy) is 2. The van der Waals surface area contributed by atoms with Crippen LogP contribution in [-0.2, 0) is 4.79 Å². The Bertz CT molecular complexity index is 984. The van der Waals surface area contributed by atoms with Crippen LogP contribution in [0.3, 0.4) is 0 Å². The van der Waals surface area contributed by atoms with Crippen LogP contribution in [0.2, 0.25) is 0 Å².